The number of ether oxygens (including phenoxy) is 1. The molecule has 4 aliphatic rings. The molecule has 0 saturated carbocycles. The van der Waals surface area contributed by atoms with Gasteiger partial charge in [-0.1, -0.05) is 0 Å². The van der Waals surface area contributed by atoms with E-state index in [-0.39, 0.29) is 0 Å². The topological polar surface area (TPSA) is 70.9 Å². The van der Waals surface area contributed by atoms with E-state index in [0.717, 1.165) is 101 Å². The first kappa shape index (κ1) is 17.2. The zero-order chi connectivity index (χ0) is 17.5. The molecule has 0 spiro atoms. The van der Waals surface area contributed by atoms with Gasteiger partial charge in [-0.25, -0.2) is 0 Å². The monoisotopic (exact) mass is 383 g/mol. The Labute approximate surface area is 154 Å². The van der Waals surface area contributed by atoms with Crippen molar-refractivity contribution in [3.05, 3.63) is 11.9 Å². The summed E-state index contributed by atoms with van der Waals surface area (Å²) < 4.78 is 27.3. The van der Waals surface area contributed by atoms with Crippen LogP contribution in [0.1, 0.15) is 12.1 Å². The van der Waals surface area contributed by atoms with Gasteiger partial charge < -0.3 is 0 Å². The molecule has 1 aromatic rings. The molecule has 0 unspecified atom stereocenters. The van der Waals surface area contributed by atoms with Gasteiger partial charge in [0.15, 0.2) is 0 Å². The Morgan fingerprint density at radius 2 is 1.69 bits per heavy atom. The predicted octanol–water partition coefficient (Wildman–Crippen LogP) is -0.203. The van der Waals surface area contributed by atoms with E-state index in [2.05, 4.69) is 21.4 Å². The molecule has 5 rings (SSSR count). The van der Waals surface area contributed by atoms with Crippen LogP contribution in [-0.2, 0) is 31.1 Å². The third-order valence-electron chi connectivity index (χ3n) is 6.69. The number of quaternary nitrogens is 1. The minimum atomic E-state index is -3.24. The predicted molar refractivity (Wildman–Crippen MR) is 94.0 cm³/mol. The molecule has 0 amide bonds. The molecule has 0 atom stereocenters. The fourth-order valence-corrected chi connectivity index (χ4v) is 11.1. The van der Waals surface area contributed by atoms with E-state index in [1.165, 1.54) is 0 Å². The summed E-state index contributed by atoms with van der Waals surface area (Å²) in [6, 6.07) is 0.888. The Hall–Kier alpha value is -0.883. The van der Waals surface area contributed by atoms with Crippen molar-refractivity contribution in [1.82, 2.24) is 19.9 Å². The Kier molecular flexibility index (Phi) is 4.20. The van der Waals surface area contributed by atoms with Crippen molar-refractivity contribution < 1.29 is 22.2 Å². The summed E-state index contributed by atoms with van der Waals surface area (Å²) in [5, 5.41) is 8.64. The molecule has 0 aliphatic carbocycles. The van der Waals surface area contributed by atoms with Gasteiger partial charge >= 0.3 is 154 Å². The maximum absolute atomic E-state index is 6.33. The number of aryl methyl sites for hydroxylation is 1. The molecule has 4 aliphatic heterocycles. The van der Waals surface area contributed by atoms with Gasteiger partial charge in [-0.15, -0.1) is 0 Å². The molecule has 146 valence electrons. The molecule has 1 aromatic heterocycles. The van der Waals surface area contributed by atoms with Crippen LogP contribution in [0.25, 0.3) is 0 Å². The van der Waals surface area contributed by atoms with E-state index in [9.17, 15) is 0 Å². The van der Waals surface area contributed by atoms with E-state index >= 15 is 0 Å². The number of nitrogens with zero attached hydrogens (tertiary/aromatic N) is 5. The standard InChI is InChI=1S/C16H29N5O4Si/c1(2-20-15-16(17-18-20)14-19-3-8-22-9-4-19)13-26-21(5-10-23-26,6-11-24-26)7-12-25-26/h15H,1-14H2. The fourth-order valence-electron chi connectivity index (χ4n) is 5.28. The number of rotatable bonds is 6. The first-order valence-corrected chi connectivity index (χ1v) is 12.2. The van der Waals surface area contributed by atoms with Crippen LogP contribution < -0.4 is 0 Å². The molecule has 0 bridgehead atoms. The Balaban J connectivity index is 1.20. The van der Waals surface area contributed by atoms with Crippen molar-refractivity contribution in [1.29, 1.82) is 0 Å². The Morgan fingerprint density at radius 1 is 1.00 bits per heavy atom. The molecule has 9 nitrogen and oxygen atoms in total. The number of morpholine rings is 1. The van der Waals surface area contributed by atoms with E-state index in [4.69, 9.17) is 18.0 Å². The maximum atomic E-state index is 6.33. The SMILES string of the molecule is c1c(CN2CCOCC2)nnn1CCC[Si-]123OCC[N+]1(CCO2)CCO3. The molecular weight excluding hydrogens is 354 g/mol. The summed E-state index contributed by atoms with van der Waals surface area (Å²) in [6.07, 6.45) is 3.02. The molecule has 0 aromatic carbocycles. The van der Waals surface area contributed by atoms with Gasteiger partial charge in [0, 0.05) is 0 Å². The normalized spacial score (nSPS) is 34.2. The molecule has 5 heterocycles. The molecule has 26 heavy (non-hydrogen) atoms. The van der Waals surface area contributed by atoms with Crippen LogP contribution in [0.5, 0.6) is 0 Å². The second kappa shape index (κ2) is 6.33. The van der Waals surface area contributed by atoms with E-state index in [0.29, 0.717) is 0 Å². The van der Waals surface area contributed by atoms with E-state index in [1.54, 1.807) is 0 Å². The van der Waals surface area contributed by atoms with Crippen molar-refractivity contribution in [3.63, 3.8) is 0 Å². The van der Waals surface area contributed by atoms with Gasteiger partial charge in [0.1, 0.15) is 0 Å². The van der Waals surface area contributed by atoms with Crippen molar-refractivity contribution in [2.75, 3.05) is 65.8 Å². The summed E-state index contributed by atoms with van der Waals surface area (Å²) in [4.78, 5) is 2.36. The van der Waals surface area contributed by atoms with Crippen LogP contribution in [0.4, 0.5) is 0 Å². The minimum absolute atomic E-state index is 0.779. The van der Waals surface area contributed by atoms with Gasteiger partial charge in [0.05, 0.1) is 0 Å². The average molecular weight is 384 g/mol. The number of aromatic nitrogens is 3. The van der Waals surface area contributed by atoms with Crippen molar-refractivity contribution in [3.8, 4) is 0 Å². The zero-order valence-electron chi connectivity index (χ0n) is 15.3. The molecular formula is C16H29N5O4Si. The van der Waals surface area contributed by atoms with Crippen molar-refractivity contribution >= 4 is 8.24 Å². The van der Waals surface area contributed by atoms with Crippen LogP contribution in [-0.4, -0.2) is 98.0 Å². The first-order chi connectivity index (χ1) is 12.7. The van der Waals surface area contributed by atoms with Crippen molar-refractivity contribution in [2.24, 2.45) is 0 Å². The van der Waals surface area contributed by atoms with Crippen LogP contribution in [0.2, 0.25) is 6.04 Å². The number of hydrogen-bond donors (Lipinski definition) is 0. The molecule has 10 heteroatoms. The van der Waals surface area contributed by atoms with Gasteiger partial charge in [0.25, 0.3) is 0 Å². The van der Waals surface area contributed by atoms with Crippen LogP contribution in [0.3, 0.4) is 0 Å². The Bertz CT molecular complexity index is 633. The van der Waals surface area contributed by atoms with E-state index < -0.39 is 8.24 Å². The molecule has 0 radical (unpaired) electrons. The molecule has 4 saturated heterocycles. The van der Waals surface area contributed by atoms with Crippen LogP contribution in [0.15, 0.2) is 6.20 Å². The quantitative estimate of drug-likeness (QED) is 0.630. The second-order valence-corrected chi connectivity index (χ2v) is 12.5. The first-order valence-electron chi connectivity index (χ1n) is 9.87. The molecule has 0 N–H and O–H groups in total. The zero-order valence-corrected chi connectivity index (χ0v) is 16.3. The average Bonchev–Trinajstić information content (AvgIpc) is 3.32. The summed E-state index contributed by atoms with van der Waals surface area (Å²) in [5.74, 6) is 0. The fraction of sp³-hybridized carbons (Fsp3) is 0.875. The summed E-state index contributed by atoms with van der Waals surface area (Å²) in [6.45, 7) is 10.7. The van der Waals surface area contributed by atoms with Gasteiger partial charge in [-0.2, -0.15) is 0 Å². The summed E-state index contributed by atoms with van der Waals surface area (Å²) in [5.41, 5.74) is 1.03. The molecule has 4 fully saturated rings. The third-order valence-corrected chi connectivity index (χ3v) is 12.7. The number of hydrogen-bond acceptors (Lipinski definition) is 7. The van der Waals surface area contributed by atoms with Gasteiger partial charge in [0.2, 0.25) is 0 Å². The van der Waals surface area contributed by atoms with Crippen molar-refractivity contribution in [2.45, 2.75) is 25.6 Å². The van der Waals surface area contributed by atoms with Crippen LogP contribution in [0, 0.1) is 0 Å². The summed E-state index contributed by atoms with van der Waals surface area (Å²) in [7, 11) is -3.24. The van der Waals surface area contributed by atoms with Gasteiger partial charge in [-0.05, 0) is 0 Å². The van der Waals surface area contributed by atoms with Gasteiger partial charge in [-0.3, -0.25) is 0 Å². The third kappa shape index (κ3) is 2.51. The van der Waals surface area contributed by atoms with Crippen LogP contribution >= 0.6 is 0 Å². The van der Waals surface area contributed by atoms with E-state index in [1.807, 2.05) is 4.68 Å². The Morgan fingerprint density at radius 3 is 2.38 bits per heavy atom. The summed E-state index contributed by atoms with van der Waals surface area (Å²) >= 11 is 0. The second-order valence-electron chi connectivity index (χ2n) is 7.94.